The normalized spacial score (nSPS) is 10.8. The second-order valence-electron chi connectivity index (χ2n) is 5.51. The number of carbonyl (C=O) groups excluding carboxylic acids is 1. The lowest BCUT2D eigenvalue weighted by Crippen LogP contribution is -2.32. The Hall–Kier alpha value is -2.67. The molecular formula is C18H16BrN3O3. The molecule has 1 aromatic heterocycles. The Bertz CT molecular complexity index is 1000. The number of halogens is 1. The minimum Gasteiger partial charge on any atom is -0.507 e. The van der Waals surface area contributed by atoms with Gasteiger partial charge >= 0.3 is 0 Å². The summed E-state index contributed by atoms with van der Waals surface area (Å²) < 4.78 is 0.696. The predicted molar refractivity (Wildman–Crippen MR) is 98.6 cm³/mol. The highest BCUT2D eigenvalue weighted by atomic mass is 79.9. The van der Waals surface area contributed by atoms with Crippen molar-refractivity contribution in [1.29, 1.82) is 0 Å². The molecule has 128 valence electrons. The Balaban J connectivity index is 1.93. The van der Waals surface area contributed by atoms with Gasteiger partial charge in [0.2, 0.25) is 0 Å². The molecule has 0 atom stereocenters. The molecule has 0 unspecified atom stereocenters. The summed E-state index contributed by atoms with van der Waals surface area (Å²) in [6, 6.07) is 11.7. The number of rotatable bonds is 4. The van der Waals surface area contributed by atoms with Crippen LogP contribution in [0.4, 0.5) is 0 Å². The third-order valence-corrected chi connectivity index (χ3v) is 4.35. The molecule has 0 aliphatic heterocycles. The average Bonchev–Trinajstić information content (AvgIpc) is 2.61. The molecule has 0 bridgehead atoms. The molecular weight excluding hydrogens is 386 g/mol. The standard InChI is InChI=1S/C18H16BrN3O3/c1-2-22(18(25)13-9-11(19)7-8-15(13)23)10-16-20-14-6-4-3-5-12(14)17(24)21-16/h3-9,23H,2,10H2,1H3,(H,20,21,24). The maximum absolute atomic E-state index is 12.7. The van der Waals surface area contributed by atoms with Crippen LogP contribution in [0.3, 0.4) is 0 Å². The van der Waals surface area contributed by atoms with Crippen molar-refractivity contribution in [3.05, 3.63) is 68.7 Å². The number of para-hydroxylation sites is 1. The molecule has 3 aromatic rings. The van der Waals surface area contributed by atoms with E-state index in [1.807, 2.05) is 6.92 Å². The summed E-state index contributed by atoms with van der Waals surface area (Å²) in [6.07, 6.45) is 0. The van der Waals surface area contributed by atoms with Crippen LogP contribution in [0.1, 0.15) is 23.1 Å². The second-order valence-corrected chi connectivity index (χ2v) is 6.43. The first-order valence-electron chi connectivity index (χ1n) is 7.75. The summed E-state index contributed by atoms with van der Waals surface area (Å²) in [5, 5.41) is 10.5. The molecule has 2 aromatic carbocycles. The summed E-state index contributed by atoms with van der Waals surface area (Å²) in [5.41, 5.74) is 0.531. The highest BCUT2D eigenvalue weighted by Gasteiger charge is 2.19. The van der Waals surface area contributed by atoms with Gasteiger partial charge in [0, 0.05) is 11.0 Å². The number of aromatic nitrogens is 2. The van der Waals surface area contributed by atoms with E-state index in [9.17, 15) is 14.7 Å². The number of aromatic amines is 1. The van der Waals surface area contributed by atoms with E-state index in [2.05, 4.69) is 25.9 Å². The third-order valence-electron chi connectivity index (χ3n) is 3.86. The smallest absolute Gasteiger partial charge is 0.258 e. The molecule has 0 aliphatic carbocycles. The van der Waals surface area contributed by atoms with Gasteiger partial charge in [0.05, 0.1) is 23.0 Å². The largest absolute Gasteiger partial charge is 0.507 e. The van der Waals surface area contributed by atoms with Crippen LogP contribution < -0.4 is 5.56 Å². The van der Waals surface area contributed by atoms with Gasteiger partial charge in [-0.05, 0) is 37.3 Å². The number of nitrogens with one attached hydrogen (secondary N) is 1. The van der Waals surface area contributed by atoms with Gasteiger partial charge in [-0.3, -0.25) is 9.59 Å². The van der Waals surface area contributed by atoms with Crippen molar-refractivity contribution in [3.63, 3.8) is 0 Å². The summed E-state index contributed by atoms with van der Waals surface area (Å²) in [6.45, 7) is 2.37. The minimum absolute atomic E-state index is 0.0911. The average molecular weight is 402 g/mol. The number of benzene rings is 2. The zero-order valence-electron chi connectivity index (χ0n) is 13.5. The number of H-pyrrole nitrogens is 1. The summed E-state index contributed by atoms with van der Waals surface area (Å²) in [7, 11) is 0. The maximum atomic E-state index is 12.7. The highest BCUT2D eigenvalue weighted by Crippen LogP contribution is 2.23. The number of hydrogen-bond donors (Lipinski definition) is 2. The van der Waals surface area contributed by atoms with Crippen LogP contribution in [-0.2, 0) is 6.54 Å². The fourth-order valence-corrected chi connectivity index (χ4v) is 2.93. The third kappa shape index (κ3) is 3.56. The Morgan fingerprint density at radius 2 is 2.04 bits per heavy atom. The van der Waals surface area contributed by atoms with Crippen LogP contribution >= 0.6 is 15.9 Å². The molecule has 3 rings (SSSR count). The van der Waals surface area contributed by atoms with Crippen molar-refractivity contribution in [2.24, 2.45) is 0 Å². The molecule has 0 saturated carbocycles. The van der Waals surface area contributed by atoms with E-state index in [-0.39, 0.29) is 29.3 Å². The molecule has 6 nitrogen and oxygen atoms in total. The van der Waals surface area contributed by atoms with Crippen LogP contribution in [-0.4, -0.2) is 32.4 Å². The fourth-order valence-electron chi connectivity index (χ4n) is 2.57. The van der Waals surface area contributed by atoms with Crippen LogP contribution in [0, 0.1) is 0 Å². The van der Waals surface area contributed by atoms with Gasteiger partial charge in [0.1, 0.15) is 11.6 Å². The van der Waals surface area contributed by atoms with E-state index in [1.54, 1.807) is 36.4 Å². The number of carbonyl (C=O) groups is 1. The molecule has 0 fully saturated rings. The second kappa shape index (κ2) is 7.06. The molecule has 25 heavy (non-hydrogen) atoms. The molecule has 1 heterocycles. The van der Waals surface area contributed by atoms with E-state index >= 15 is 0 Å². The Labute approximate surface area is 152 Å². The van der Waals surface area contributed by atoms with Gasteiger partial charge in [0.25, 0.3) is 11.5 Å². The van der Waals surface area contributed by atoms with Crippen molar-refractivity contribution in [2.45, 2.75) is 13.5 Å². The number of hydrogen-bond acceptors (Lipinski definition) is 4. The highest BCUT2D eigenvalue weighted by molar-refractivity contribution is 9.10. The number of nitrogens with zero attached hydrogens (tertiary/aromatic N) is 2. The fraction of sp³-hybridized carbons (Fsp3) is 0.167. The van der Waals surface area contributed by atoms with Crippen molar-refractivity contribution < 1.29 is 9.90 Å². The molecule has 1 amide bonds. The summed E-state index contributed by atoms with van der Waals surface area (Å²) >= 11 is 3.30. The van der Waals surface area contributed by atoms with E-state index < -0.39 is 0 Å². The van der Waals surface area contributed by atoms with Gasteiger partial charge in [-0.2, -0.15) is 0 Å². The van der Waals surface area contributed by atoms with Gasteiger partial charge in [-0.15, -0.1) is 0 Å². The number of phenolic OH excluding ortho intramolecular Hbond substituents is 1. The molecule has 0 aliphatic rings. The van der Waals surface area contributed by atoms with Gasteiger partial charge < -0.3 is 15.0 Å². The lowest BCUT2D eigenvalue weighted by atomic mass is 10.1. The molecule has 0 spiro atoms. The van der Waals surface area contributed by atoms with Crippen molar-refractivity contribution in [1.82, 2.24) is 14.9 Å². The molecule has 0 saturated heterocycles. The predicted octanol–water partition coefficient (Wildman–Crippen LogP) is 3.05. The van der Waals surface area contributed by atoms with E-state index in [0.717, 1.165) is 0 Å². The van der Waals surface area contributed by atoms with Gasteiger partial charge in [-0.25, -0.2) is 4.98 Å². The quantitative estimate of drug-likeness (QED) is 0.703. The first kappa shape index (κ1) is 17.2. The number of aromatic hydroxyl groups is 1. The SMILES string of the molecule is CCN(Cc1nc2ccccc2c(=O)[nH]1)C(=O)c1cc(Br)ccc1O. The van der Waals surface area contributed by atoms with Gasteiger partial charge in [-0.1, -0.05) is 28.1 Å². The van der Waals surface area contributed by atoms with Crippen molar-refractivity contribution in [3.8, 4) is 5.75 Å². The van der Waals surface area contributed by atoms with Gasteiger partial charge in [0.15, 0.2) is 0 Å². The Morgan fingerprint density at radius 1 is 1.28 bits per heavy atom. The van der Waals surface area contributed by atoms with Crippen LogP contribution in [0.2, 0.25) is 0 Å². The maximum Gasteiger partial charge on any atom is 0.258 e. The lowest BCUT2D eigenvalue weighted by molar-refractivity contribution is 0.0745. The van der Waals surface area contributed by atoms with E-state index in [4.69, 9.17) is 0 Å². The van der Waals surface area contributed by atoms with E-state index in [1.165, 1.54) is 11.0 Å². The molecule has 7 heteroatoms. The first-order chi connectivity index (χ1) is 12.0. The molecule has 0 radical (unpaired) electrons. The number of fused-ring (bicyclic) bond motifs is 1. The first-order valence-corrected chi connectivity index (χ1v) is 8.54. The summed E-state index contributed by atoms with van der Waals surface area (Å²) in [4.78, 5) is 33.5. The topological polar surface area (TPSA) is 86.3 Å². The number of phenols is 1. The summed E-state index contributed by atoms with van der Waals surface area (Å²) in [5.74, 6) is -0.0305. The zero-order valence-corrected chi connectivity index (χ0v) is 15.1. The van der Waals surface area contributed by atoms with Crippen LogP contribution in [0.25, 0.3) is 10.9 Å². The zero-order chi connectivity index (χ0) is 18.0. The monoisotopic (exact) mass is 401 g/mol. The Morgan fingerprint density at radius 3 is 2.80 bits per heavy atom. The van der Waals surface area contributed by atoms with Crippen LogP contribution in [0.15, 0.2) is 51.7 Å². The van der Waals surface area contributed by atoms with Crippen molar-refractivity contribution in [2.75, 3.05) is 6.54 Å². The van der Waals surface area contributed by atoms with Crippen LogP contribution in [0.5, 0.6) is 5.75 Å². The lowest BCUT2D eigenvalue weighted by Gasteiger charge is -2.21. The van der Waals surface area contributed by atoms with Crippen molar-refractivity contribution >= 4 is 32.7 Å². The Kier molecular flexibility index (Phi) is 4.85. The molecule has 2 N–H and O–H groups in total. The van der Waals surface area contributed by atoms with E-state index in [0.29, 0.717) is 27.7 Å². The minimum atomic E-state index is -0.336. The number of amides is 1.